The number of amides is 1. The van der Waals surface area contributed by atoms with Crippen LogP contribution in [0.2, 0.25) is 0 Å². The zero-order chi connectivity index (χ0) is 12.8. The average Bonchev–Trinajstić information content (AvgIpc) is 2.46. The Bertz CT molecular complexity index is 502. The summed E-state index contributed by atoms with van der Waals surface area (Å²) in [6.07, 6.45) is 3.41. The molecule has 92 valence electrons. The van der Waals surface area contributed by atoms with Gasteiger partial charge >= 0.3 is 0 Å². The molecule has 0 fully saturated rings. The molecular weight excluding hydrogens is 248 g/mol. The van der Waals surface area contributed by atoms with Crippen LogP contribution in [0.1, 0.15) is 16.5 Å². The van der Waals surface area contributed by atoms with Crippen LogP contribution in [0, 0.1) is 0 Å². The summed E-state index contributed by atoms with van der Waals surface area (Å²) in [7, 11) is 0. The molecular formula is C14H13ClN2O. The molecule has 1 N–H and O–H groups in total. The van der Waals surface area contributed by atoms with E-state index in [1.807, 2.05) is 42.5 Å². The van der Waals surface area contributed by atoms with E-state index >= 15 is 0 Å². The Balaban J connectivity index is 1.93. The second-order valence-electron chi connectivity index (χ2n) is 3.85. The molecule has 4 heteroatoms. The van der Waals surface area contributed by atoms with E-state index < -0.39 is 5.38 Å². The number of rotatable bonds is 4. The van der Waals surface area contributed by atoms with E-state index in [1.165, 1.54) is 0 Å². The summed E-state index contributed by atoms with van der Waals surface area (Å²) < 4.78 is 0. The van der Waals surface area contributed by atoms with Crippen LogP contribution in [0.4, 0.5) is 0 Å². The SMILES string of the molecule is O=C(NCc1cccnc1)C(Cl)c1ccccc1. The maximum absolute atomic E-state index is 11.9. The van der Waals surface area contributed by atoms with Gasteiger partial charge in [-0.2, -0.15) is 0 Å². The normalized spacial score (nSPS) is 11.8. The topological polar surface area (TPSA) is 42.0 Å². The van der Waals surface area contributed by atoms with Gasteiger partial charge in [-0.15, -0.1) is 11.6 Å². The van der Waals surface area contributed by atoms with Crippen LogP contribution in [-0.4, -0.2) is 10.9 Å². The summed E-state index contributed by atoms with van der Waals surface area (Å²) in [5, 5.41) is 2.12. The number of hydrogen-bond acceptors (Lipinski definition) is 2. The standard InChI is InChI=1S/C14H13ClN2O/c15-13(12-6-2-1-3-7-12)14(18)17-10-11-5-4-8-16-9-11/h1-9,13H,10H2,(H,17,18). The highest BCUT2D eigenvalue weighted by molar-refractivity contribution is 6.30. The van der Waals surface area contributed by atoms with Crippen LogP contribution in [0.3, 0.4) is 0 Å². The van der Waals surface area contributed by atoms with Crippen molar-refractivity contribution >= 4 is 17.5 Å². The van der Waals surface area contributed by atoms with Gasteiger partial charge in [0.2, 0.25) is 5.91 Å². The number of hydrogen-bond donors (Lipinski definition) is 1. The van der Waals surface area contributed by atoms with E-state index in [0.717, 1.165) is 11.1 Å². The van der Waals surface area contributed by atoms with E-state index in [2.05, 4.69) is 10.3 Å². The molecule has 0 aliphatic carbocycles. The molecule has 1 unspecified atom stereocenters. The number of halogens is 1. The maximum atomic E-state index is 11.9. The number of benzene rings is 1. The summed E-state index contributed by atoms with van der Waals surface area (Å²) in [5.41, 5.74) is 1.74. The molecule has 18 heavy (non-hydrogen) atoms. The Morgan fingerprint density at radius 3 is 2.67 bits per heavy atom. The summed E-state index contributed by atoms with van der Waals surface area (Å²) in [6, 6.07) is 13.0. The third-order valence-corrected chi connectivity index (χ3v) is 2.96. The van der Waals surface area contributed by atoms with E-state index in [0.29, 0.717) is 6.54 Å². The van der Waals surface area contributed by atoms with Crippen LogP contribution in [0.25, 0.3) is 0 Å². The number of alkyl halides is 1. The molecule has 2 rings (SSSR count). The molecule has 1 amide bonds. The van der Waals surface area contributed by atoms with Gasteiger partial charge in [-0.3, -0.25) is 9.78 Å². The molecule has 0 bridgehead atoms. The number of carbonyl (C=O) groups is 1. The lowest BCUT2D eigenvalue weighted by Crippen LogP contribution is -2.26. The Labute approximate surface area is 111 Å². The summed E-state index contributed by atoms with van der Waals surface area (Å²) in [6.45, 7) is 0.433. The van der Waals surface area contributed by atoms with Crippen molar-refractivity contribution in [3.05, 3.63) is 66.0 Å². The van der Waals surface area contributed by atoms with Gasteiger partial charge in [-0.05, 0) is 17.2 Å². The van der Waals surface area contributed by atoms with Gasteiger partial charge in [-0.25, -0.2) is 0 Å². The van der Waals surface area contributed by atoms with E-state index in [-0.39, 0.29) is 5.91 Å². The zero-order valence-corrected chi connectivity index (χ0v) is 10.5. The highest BCUT2D eigenvalue weighted by Crippen LogP contribution is 2.19. The minimum absolute atomic E-state index is 0.202. The number of nitrogens with zero attached hydrogens (tertiary/aromatic N) is 1. The third-order valence-electron chi connectivity index (χ3n) is 2.51. The fraction of sp³-hybridized carbons (Fsp3) is 0.143. The Morgan fingerprint density at radius 1 is 1.22 bits per heavy atom. The summed E-state index contributed by atoms with van der Waals surface area (Å²) in [4.78, 5) is 15.8. The van der Waals surface area contributed by atoms with Crippen molar-refractivity contribution in [1.82, 2.24) is 10.3 Å². The van der Waals surface area contributed by atoms with Gasteiger partial charge in [0.15, 0.2) is 0 Å². The molecule has 1 aromatic heterocycles. The van der Waals surface area contributed by atoms with Crippen LogP contribution < -0.4 is 5.32 Å². The minimum Gasteiger partial charge on any atom is -0.350 e. The first-order chi connectivity index (χ1) is 8.77. The molecule has 0 saturated carbocycles. The molecule has 1 aromatic carbocycles. The zero-order valence-electron chi connectivity index (χ0n) is 9.71. The van der Waals surface area contributed by atoms with Gasteiger partial charge < -0.3 is 5.32 Å². The number of carbonyl (C=O) groups excluding carboxylic acids is 1. The molecule has 0 radical (unpaired) electrons. The monoisotopic (exact) mass is 260 g/mol. The fourth-order valence-corrected chi connectivity index (χ4v) is 1.78. The van der Waals surface area contributed by atoms with Crippen molar-refractivity contribution in [3.63, 3.8) is 0 Å². The van der Waals surface area contributed by atoms with Crippen LogP contribution in [-0.2, 0) is 11.3 Å². The highest BCUT2D eigenvalue weighted by Gasteiger charge is 2.16. The maximum Gasteiger partial charge on any atom is 0.242 e. The Morgan fingerprint density at radius 2 is 2.00 bits per heavy atom. The van der Waals surface area contributed by atoms with Crippen molar-refractivity contribution in [2.24, 2.45) is 0 Å². The Hall–Kier alpha value is -1.87. The van der Waals surface area contributed by atoms with Crippen LogP contribution >= 0.6 is 11.6 Å². The minimum atomic E-state index is -0.664. The molecule has 0 aliphatic heterocycles. The third kappa shape index (κ3) is 3.31. The van der Waals surface area contributed by atoms with Gasteiger partial charge in [0, 0.05) is 18.9 Å². The Kier molecular flexibility index (Phi) is 4.31. The summed E-state index contributed by atoms with van der Waals surface area (Å²) >= 11 is 6.10. The number of aromatic nitrogens is 1. The number of pyridine rings is 1. The van der Waals surface area contributed by atoms with Crippen molar-refractivity contribution in [2.75, 3.05) is 0 Å². The van der Waals surface area contributed by atoms with Crippen molar-refractivity contribution in [3.8, 4) is 0 Å². The quantitative estimate of drug-likeness (QED) is 0.859. The molecule has 2 aromatic rings. The molecule has 3 nitrogen and oxygen atoms in total. The summed E-state index contributed by atoms with van der Waals surface area (Å²) in [5.74, 6) is -0.202. The number of nitrogens with one attached hydrogen (secondary N) is 1. The van der Waals surface area contributed by atoms with Gasteiger partial charge in [0.25, 0.3) is 0 Å². The van der Waals surface area contributed by atoms with Gasteiger partial charge in [0.05, 0.1) is 0 Å². The van der Waals surface area contributed by atoms with Gasteiger partial charge in [0.1, 0.15) is 5.38 Å². The molecule has 1 atom stereocenters. The lowest BCUT2D eigenvalue weighted by Gasteiger charge is -2.10. The first-order valence-electron chi connectivity index (χ1n) is 5.63. The molecule has 1 heterocycles. The van der Waals surface area contributed by atoms with Crippen molar-refractivity contribution in [1.29, 1.82) is 0 Å². The lowest BCUT2D eigenvalue weighted by molar-refractivity contribution is -0.121. The van der Waals surface area contributed by atoms with E-state index in [1.54, 1.807) is 12.4 Å². The van der Waals surface area contributed by atoms with Crippen molar-refractivity contribution in [2.45, 2.75) is 11.9 Å². The first-order valence-corrected chi connectivity index (χ1v) is 6.06. The largest absolute Gasteiger partial charge is 0.350 e. The molecule has 0 saturated heterocycles. The predicted octanol–water partition coefficient (Wildman–Crippen LogP) is 2.68. The second-order valence-corrected chi connectivity index (χ2v) is 4.29. The second kappa shape index (κ2) is 6.17. The highest BCUT2D eigenvalue weighted by atomic mass is 35.5. The van der Waals surface area contributed by atoms with E-state index in [4.69, 9.17) is 11.6 Å². The van der Waals surface area contributed by atoms with E-state index in [9.17, 15) is 4.79 Å². The van der Waals surface area contributed by atoms with Crippen LogP contribution in [0.5, 0.6) is 0 Å². The lowest BCUT2D eigenvalue weighted by atomic mass is 10.1. The molecule has 0 aliphatic rings. The van der Waals surface area contributed by atoms with Crippen molar-refractivity contribution < 1.29 is 4.79 Å². The van der Waals surface area contributed by atoms with Crippen LogP contribution in [0.15, 0.2) is 54.9 Å². The molecule has 0 spiro atoms. The average molecular weight is 261 g/mol. The fourth-order valence-electron chi connectivity index (χ4n) is 1.55. The van der Waals surface area contributed by atoms with Gasteiger partial charge in [-0.1, -0.05) is 36.4 Å². The predicted molar refractivity (Wildman–Crippen MR) is 71.1 cm³/mol. The smallest absolute Gasteiger partial charge is 0.242 e. The first kappa shape index (κ1) is 12.6.